The van der Waals surface area contributed by atoms with Crippen LogP contribution >= 0.6 is 11.6 Å². The predicted octanol–water partition coefficient (Wildman–Crippen LogP) is 1.78. The third-order valence-corrected chi connectivity index (χ3v) is 3.35. The summed E-state index contributed by atoms with van der Waals surface area (Å²) >= 11 is 5.38. The molecule has 0 aromatic rings. The summed E-state index contributed by atoms with van der Waals surface area (Å²) in [6.07, 6.45) is 7.54. The predicted molar refractivity (Wildman–Crippen MR) is 64.7 cm³/mol. The Hall–Kier alpha value is -0.610. The smallest absolute Gasteiger partial charge is 0.216 e. The molecule has 4 nitrogen and oxygen atoms in total. The summed E-state index contributed by atoms with van der Waals surface area (Å²) in [5, 5.41) is 6.84. The van der Waals surface area contributed by atoms with Gasteiger partial charge in [0.05, 0.1) is 11.9 Å². The van der Waals surface area contributed by atoms with E-state index < -0.39 is 0 Å². The minimum atomic E-state index is -0.190. The van der Waals surface area contributed by atoms with Crippen LogP contribution in [0.3, 0.4) is 0 Å². The quantitative estimate of drug-likeness (QED) is 0.441. The zero-order valence-corrected chi connectivity index (χ0v) is 9.93. The maximum atomic E-state index is 7.03. The van der Waals surface area contributed by atoms with Crippen molar-refractivity contribution in [2.24, 2.45) is 10.7 Å². The normalized spacial score (nSPS) is 20.5. The van der Waals surface area contributed by atoms with E-state index in [2.05, 4.69) is 4.99 Å². The number of halogens is 1. The number of likely N-dealkylation sites (N-methyl/N-ethyl adjacent to an activating group) is 1. The van der Waals surface area contributed by atoms with E-state index in [1.807, 2.05) is 11.9 Å². The van der Waals surface area contributed by atoms with Crippen LogP contribution in [-0.4, -0.2) is 35.7 Å². The largest absolute Gasteiger partial charge is 0.359 e. The first-order valence-corrected chi connectivity index (χ1v) is 5.70. The van der Waals surface area contributed by atoms with Crippen LogP contribution in [0.5, 0.6) is 0 Å². The van der Waals surface area contributed by atoms with Crippen LogP contribution in [0.15, 0.2) is 4.99 Å². The van der Waals surface area contributed by atoms with Gasteiger partial charge in [0.25, 0.3) is 0 Å². The van der Waals surface area contributed by atoms with Crippen molar-refractivity contribution in [1.29, 1.82) is 5.41 Å². The molecule has 1 rings (SSSR count). The van der Waals surface area contributed by atoms with E-state index in [1.54, 1.807) is 6.34 Å². The van der Waals surface area contributed by atoms with Crippen molar-refractivity contribution in [2.45, 2.75) is 37.6 Å². The molecule has 0 radical (unpaired) electrons. The molecule has 5 heteroatoms. The molecule has 0 amide bonds. The number of nitrogens with zero attached hydrogens (tertiary/aromatic N) is 2. The molecule has 0 aliphatic heterocycles. The Balaban J connectivity index is 2.67. The summed E-state index contributed by atoms with van der Waals surface area (Å²) in [7, 11) is 1.96. The minimum absolute atomic E-state index is 0.0219. The Morgan fingerprint density at radius 2 is 2.13 bits per heavy atom. The van der Waals surface area contributed by atoms with Gasteiger partial charge in [-0.2, -0.15) is 0 Å². The van der Waals surface area contributed by atoms with E-state index in [4.69, 9.17) is 22.7 Å². The zero-order chi connectivity index (χ0) is 11.3. The van der Waals surface area contributed by atoms with Gasteiger partial charge in [-0.1, -0.05) is 19.3 Å². The summed E-state index contributed by atoms with van der Waals surface area (Å²) in [6, 6.07) is 0. The average Bonchev–Trinajstić information content (AvgIpc) is 2.26. The second kappa shape index (κ2) is 5.47. The summed E-state index contributed by atoms with van der Waals surface area (Å²) in [4.78, 5) is 5.80. The van der Waals surface area contributed by atoms with E-state index in [1.165, 1.54) is 19.3 Å². The molecule has 0 spiro atoms. The second-order valence-electron chi connectivity index (χ2n) is 4.14. The van der Waals surface area contributed by atoms with E-state index in [0.717, 1.165) is 12.8 Å². The number of amidine groups is 1. The van der Waals surface area contributed by atoms with E-state index in [-0.39, 0.29) is 10.8 Å². The first kappa shape index (κ1) is 12.5. The molecular weight excluding hydrogens is 212 g/mol. The van der Waals surface area contributed by atoms with Gasteiger partial charge in [0, 0.05) is 13.6 Å². The van der Waals surface area contributed by atoms with Crippen LogP contribution in [0, 0.1) is 5.41 Å². The van der Waals surface area contributed by atoms with Crippen molar-refractivity contribution in [3.63, 3.8) is 0 Å². The van der Waals surface area contributed by atoms with Gasteiger partial charge in [0.2, 0.25) is 5.29 Å². The molecule has 0 unspecified atom stereocenters. The number of rotatable bonds is 3. The zero-order valence-electron chi connectivity index (χ0n) is 9.17. The topological polar surface area (TPSA) is 65.5 Å². The summed E-state index contributed by atoms with van der Waals surface area (Å²) in [5.74, 6) is 0. The molecule has 0 heterocycles. The van der Waals surface area contributed by atoms with Crippen molar-refractivity contribution in [3.05, 3.63) is 0 Å². The third-order valence-electron chi connectivity index (χ3n) is 3.26. The molecule has 0 saturated heterocycles. The van der Waals surface area contributed by atoms with Gasteiger partial charge in [0.15, 0.2) is 0 Å². The van der Waals surface area contributed by atoms with Crippen LogP contribution in [-0.2, 0) is 0 Å². The van der Waals surface area contributed by atoms with Crippen LogP contribution in [0.4, 0.5) is 0 Å². The van der Waals surface area contributed by atoms with Crippen molar-refractivity contribution >= 4 is 23.2 Å². The highest BCUT2D eigenvalue weighted by Crippen LogP contribution is 2.31. The van der Waals surface area contributed by atoms with Gasteiger partial charge in [0.1, 0.15) is 0 Å². The molecule has 0 bridgehead atoms. The lowest BCUT2D eigenvalue weighted by atomic mass is 9.81. The van der Waals surface area contributed by atoms with E-state index in [0.29, 0.717) is 6.54 Å². The van der Waals surface area contributed by atoms with Gasteiger partial charge in [-0.15, -0.1) is 0 Å². The molecule has 1 aliphatic carbocycles. The van der Waals surface area contributed by atoms with Gasteiger partial charge >= 0.3 is 0 Å². The van der Waals surface area contributed by atoms with Crippen LogP contribution in [0.25, 0.3) is 0 Å². The van der Waals surface area contributed by atoms with Gasteiger partial charge < -0.3 is 10.6 Å². The highest BCUT2D eigenvalue weighted by molar-refractivity contribution is 6.64. The first-order chi connectivity index (χ1) is 7.10. The number of aliphatic imine (C=N–C) groups is 1. The molecule has 0 atom stereocenters. The lowest BCUT2D eigenvalue weighted by Crippen LogP contribution is -2.52. The Bertz CT molecular complexity index is 246. The maximum absolute atomic E-state index is 7.03. The summed E-state index contributed by atoms with van der Waals surface area (Å²) in [5.41, 5.74) is 5.88. The molecule has 1 fully saturated rings. The van der Waals surface area contributed by atoms with Crippen molar-refractivity contribution < 1.29 is 0 Å². The fraction of sp³-hybridized carbons (Fsp3) is 0.800. The Morgan fingerprint density at radius 3 is 2.60 bits per heavy atom. The molecule has 1 saturated carbocycles. The Labute approximate surface area is 96.0 Å². The summed E-state index contributed by atoms with van der Waals surface area (Å²) in [6.45, 7) is 0.630. The SMILES string of the molecule is CN(/C=N/C(=N)Cl)C1(CN)CCCCC1. The molecule has 86 valence electrons. The Kier molecular flexibility index (Phi) is 4.54. The van der Waals surface area contributed by atoms with Crippen molar-refractivity contribution in [2.75, 3.05) is 13.6 Å². The molecule has 1 aliphatic rings. The maximum Gasteiger partial charge on any atom is 0.216 e. The number of hydrogen-bond acceptors (Lipinski definition) is 2. The van der Waals surface area contributed by atoms with Gasteiger partial charge in [-0.05, 0) is 24.4 Å². The standard InChI is InChI=1S/C10H19ClN4/c1-15(8-14-9(11)13)10(7-12)5-3-2-4-6-10/h8,13H,2-7,12H2,1H3/b13-9?,14-8+. The second-order valence-corrected chi connectivity index (χ2v) is 4.49. The molecule has 3 N–H and O–H groups in total. The fourth-order valence-electron chi connectivity index (χ4n) is 2.17. The fourth-order valence-corrected chi connectivity index (χ4v) is 2.21. The van der Waals surface area contributed by atoms with E-state index >= 15 is 0 Å². The molecule has 0 aromatic heterocycles. The minimum Gasteiger partial charge on any atom is -0.359 e. The number of nitrogens with two attached hydrogens (primary N) is 1. The van der Waals surface area contributed by atoms with Crippen molar-refractivity contribution in [1.82, 2.24) is 4.90 Å². The third kappa shape index (κ3) is 3.18. The number of hydrogen-bond donors (Lipinski definition) is 2. The lowest BCUT2D eigenvalue weighted by Gasteiger charge is -2.43. The van der Waals surface area contributed by atoms with Crippen LogP contribution in [0.2, 0.25) is 0 Å². The Morgan fingerprint density at radius 1 is 1.53 bits per heavy atom. The highest BCUT2D eigenvalue weighted by Gasteiger charge is 2.33. The van der Waals surface area contributed by atoms with Crippen LogP contribution in [0.1, 0.15) is 32.1 Å². The summed E-state index contributed by atoms with van der Waals surface area (Å²) < 4.78 is 0. The molecule has 0 aromatic carbocycles. The average molecular weight is 231 g/mol. The van der Waals surface area contributed by atoms with Gasteiger partial charge in [-0.25, -0.2) is 4.99 Å². The lowest BCUT2D eigenvalue weighted by molar-refractivity contribution is 0.153. The molecule has 15 heavy (non-hydrogen) atoms. The first-order valence-electron chi connectivity index (χ1n) is 5.32. The van der Waals surface area contributed by atoms with E-state index in [9.17, 15) is 0 Å². The number of nitrogens with one attached hydrogen (secondary N) is 1. The molecular formula is C10H19ClN4. The van der Waals surface area contributed by atoms with Crippen LogP contribution < -0.4 is 5.73 Å². The van der Waals surface area contributed by atoms with Gasteiger partial charge in [-0.3, -0.25) is 5.41 Å². The van der Waals surface area contributed by atoms with Crippen molar-refractivity contribution in [3.8, 4) is 0 Å². The monoisotopic (exact) mass is 230 g/mol. The highest BCUT2D eigenvalue weighted by atomic mass is 35.5.